The maximum absolute atomic E-state index is 12.2. The van der Waals surface area contributed by atoms with E-state index in [9.17, 15) is 10.1 Å². The first-order valence-electron chi connectivity index (χ1n) is 6.52. The molecule has 0 bridgehead atoms. The van der Waals surface area contributed by atoms with Crippen LogP contribution in [0.3, 0.4) is 0 Å². The molecule has 2 heterocycles. The number of aryl methyl sites for hydroxylation is 1. The predicted molar refractivity (Wildman–Crippen MR) is 70.0 cm³/mol. The number of hydrogen-bond acceptors (Lipinski definition) is 5. The van der Waals surface area contributed by atoms with Gasteiger partial charge < -0.3 is 14.9 Å². The average molecular weight is 270 g/mol. The summed E-state index contributed by atoms with van der Waals surface area (Å²) in [6.07, 6.45) is 1.88. The molecule has 20 heavy (non-hydrogen) atoms. The molecule has 1 aliphatic carbocycles. The third-order valence-electron chi connectivity index (χ3n) is 3.65. The molecule has 2 aliphatic rings. The van der Waals surface area contributed by atoms with E-state index in [0.29, 0.717) is 29.9 Å². The Kier molecular flexibility index (Phi) is 2.87. The van der Waals surface area contributed by atoms with Gasteiger partial charge in [-0.05, 0) is 25.5 Å². The summed E-state index contributed by atoms with van der Waals surface area (Å²) in [4.78, 5) is 12.2. The maximum atomic E-state index is 12.2. The van der Waals surface area contributed by atoms with Crippen LogP contribution in [-0.2, 0) is 9.53 Å². The molecule has 0 saturated carbocycles. The average Bonchev–Trinajstić information content (AvgIpc) is 2.84. The fourth-order valence-electron chi connectivity index (χ4n) is 2.75. The van der Waals surface area contributed by atoms with Gasteiger partial charge in [-0.1, -0.05) is 0 Å². The lowest BCUT2D eigenvalue weighted by atomic mass is 9.80. The van der Waals surface area contributed by atoms with Crippen LogP contribution >= 0.6 is 0 Å². The van der Waals surface area contributed by atoms with E-state index in [2.05, 4.69) is 0 Å². The molecule has 0 amide bonds. The summed E-state index contributed by atoms with van der Waals surface area (Å²) in [5, 5.41) is 9.33. The van der Waals surface area contributed by atoms with Crippen LogP contribution in [0.2, 0.25) is 0 Å². The quantitative estimate of drug-likeness (QED) is 0.846. The number of hydrogen-bond donors (Lipinski definition) is 1. The van der Waals surface area contributed by atoms with Gasteiger partial charge in [0.25, 0.3) is 0 Å². The Labute approximate surface area is 116 Å². The summed E-state index contributed by atoms with van der Waals surface area (Å²) in [6, 6.07) is 5.64. The minimum Gasteiger partial charge on any atom is -0.465 e. The van der Waals surface area contributed by atoms with Crippen LogP contribution in [0.4, 0.5) is 0 Å². The van der Waals surface area contributed by atoms with Gasteiger partial charge in [-0.25, -0.2) is 0 Å². The van der Waals surface area contributed by atoms with E-state index in [-0.39, 0.29) is 17.2 Å². The van der Waals surface area contributed by atoms with Gasteiger partial charge in [-0.3, -0.25) is 4.79 Å². The summed E-state index contributed by atoms with van der Waals surface area (Å²) in [5.74, 6) is 1.41. The van der Waals surface area contributed by atoms with E-state index in [1.807, 2.05) is 19.1 Å². The van der Waals surface area contributed by atoms with Gasteiger partial charge in [-0.15, -0.1) is 0 Å². The van der Waals surface area contributed by atoms with Gasteiger partial charge in [0.2, 0.25) is 5.88 Å². The van der Waals surface area contributed by atoms with Gasteiger partial charge in [0.15, 0.2) is 5.78 Å². The molecule has 0 fully saturated rings. The Hall–Kier alpha value is -2.48. The topological polar surface area (TPSA) is 89.3 Å². The Morgan fingerprint density at radius 2 is 2.20 bits per heavy atom. The zero-order chi connectivity index (χ0) is 14.3. The minimum atomic E-state index is -0.537. The molecule has 0 saturated heterocycles. The lowest BCUT2D eigenvalue weighted by molar-refractivity contribution is -0.116. The maximum Gasteiger partial charge on any atom is 0.205 e. The molecule has 3 rings (SSSR count). The van der Waals surface area contributed by atoms with E-state index in [0.717, 1.165) is 12.2 Å². The molecule has 0 spiro atoms. The monoisotopic (exact) mass is 270 g/mol. The van der Waals surface area contributed by atoms with Crippen molar-refractivity contribution in [3.63, 3.8) is 0 Å². The van der Waals surface area contributed by atoms with E-state index < -0.39 is 5.92 Å². The Bertz CT molecular complexity index is 688. The Morgan fingerprint density at radius 1 is 1.40 bits per heavy atom. The molecule has 1 aromatic heterocycles. The first-order valence-corrected chi connectivity index (χ1v) is 6.52. The van der Waals surface area contributed by atoms with E-state index in [1.165, 1.54) is 0 Å². The zero-order valence-electron chi connectivity index (χ0n) is 11.1. The van der Waals surface area contributed by atoms with Crippen molar-refractivity contribution in [2.45, 2.75) is 32.1 Å². The van der Waals surface area contributed by atoms with Crippen LogP contribution in [0.25, 0.3) is 0 Å². The third kappa shape index (κ3) is 1.81. The molecule has 5 nitrogen and oxygen atoms in total. The zero-order valence-corrected chi connectivity index (χ0v) is 11.1. The summed E-state index contributed by atoms with van der Waals surface area (Å²) in [7, 11) is 0. The number of carbonyl (C=O) groups is 1. The van der Waals surface area contributed by atoms with Crippen molar-refractivity contribution in [2.24, 2.45) is 5.73 Å². The molecule has 0 aromatic carbocycles. The van der Waals surface area contributed by atoms with E-state index in [1.54, 1.807) is 6.07 Å². The standard InChI is InChI=1S/C15H14N2O3/c1-8-5-6-12(19-8)13-9(7-16)15(17)20-11-4-2-3-10(18)14(11)13/h5-6,13H,2-4,17H2,1H3/t13-/m0/s1. The number of rotatable bonds is 1. The largest absolute Gasteiger partial charge is 0.465 e. The molecule has 2 N–H and O–H groups in total. The molecule has 0 radical (unpaired) electrons. The SMILES string of the molecule is Cc1ccc([C@@H]2C(C#N)=C(N)OC3=C2C(=O)CCC3)o1. The van der Waals surface area contributed by atoms with Gasteiger partial charge in [0.1, 0.15) is 28.9 Å². The van der Waals surface area contributed by atoms with Crippen molar-refractivity contribution in [1.29, 1.82) is 5.26 Å². The highest BCUT2D eigenvalue weighted by Crippen LogP contribution is 2.43. The van der Waals surface area contributed by atoms with Gasteiger partial charge >= 0.3 is 0 Å². The smallest absolute Gasteiger partial charge is 0.205 e. The second kappa shape index (κ2) is 4.57. The van der Waals surface area contributed by atoms with Crippen LogP contribution in [0, 0.1) is 18.3 Å². The normalized spacial score (nSPS) is 22.4. The molecule has 0 unspecified atom stereocenters. The third-order valence-corrected chi connectivity index (χ3v) is 3.65. The lowest BCUT2D eigenvalue weighted by Gasteiger charge is -2.29. The van der Waals surface area contributed by atoms with E-state index >= 15 is 0 Å². The van der Waals surface area contributed by atoms with Crippen LogP contribution in [-0.4, -0.2) is 5.78 Å². The molecular formula is C15H14N2O3. The van der Waals surface area contributed by atoms with Crippen LogP contribution in [0.5, 0.6) is 0 Å². The van der Waals surface area contributed by atoms with Crippen LogP contribution in [0.1, 0.15) is 36.7 Å². The number of Topliss-reactive ketones (excluding diaryl/α,β-unsaturated/α-hetero) is 1. The number of nitrogens with two attached hydrogens (primary N) is 1. The van der Waals surface area contributed by atoms with Crippen molar-refractivity contribution in [3.8, 4) is 6.07 Å². The molecule has 1 aliphatic heterocycles. The first-order chi connectivity index (χ1) is 9.61. The summed E-state index contributed by atoms with van der Waals surface area (Å²) in [5.41, 5.74) is 6.59. The summed E-state index contributed by atoms with van der Waals surface area (Å²) in [6.45, 7) is 1.82. The molecule has 1 atom stereocenters. The number of nitriles is 1. The number of ether oxygens (including phenoxy) is 1. The highest BCUT2D eigenvalue weighted by molar-refractivity contribution is 5.99. The minimum absolute atomic E-state index is 0.00514. The first kappa shape index (κ1) is 12.5. The van der Waals surface area contributed by atoms with Crippen LogP contribution in [0.15, 0.2) is 39.3 Å². The van der Waals surface area contributed by atoms with Gasteiger partial charge in [-0.2, -0.15) is 5.26 Å². The molecule has 5 heteroatoms. The fraction of sp³-hybridized carbons (Fsp3) is 0.333. The number of allylic oxidation sites excluding steroid dienone is 3. The van der Waals surface area contributed by atoms with Crippen molar-refractivity contribution in [3.05, 3.63) is 46.4 Å². The molecule has 1 aromatic rings. The number of carbonyl (C=O) groups excluding carboxylic acids is 1. The van der Waals surface area contributed by atoms with Crippen molar-refractivity contribution in [1.82, 2.24) is 0 Å². The molecule has 102 valence electrons. The highest BCUT2D eigenvalue weighted by Gasteiger charge is 2.39. The Balaban J connectivity index is 2.18. The highest BCUT2D eigenvalue weighted by atomic mass is 16.5. The second-order valence-electron chi connectivity index (χ2n) is 4.99. The lowest BCUT2D eigenvalue weighted by Crippen LogP contribution is -2.27. The number of ketones is 1. The van der Waals surface area contributed by atoms with E-state index in [4.69, 9.17) is 14.9 Å². The van der Waals surface area contributed by atoms with Gasteiger partial charge in [0.05, 0.1) is 5.92 Å². The molecular weight excluding hydrogens is 256 g/mol. The predicted octanol–water partition coefficient (Wildman–Crippen LogP) is 2.40. The number of furan rings is 1. The van der Waals surface area contributed by atoms with Gasteiger partial charge in [0, 0.05) is 18.4 Å². The Morgan fingerprint density at radius 3 is 2.85 bits per heavy atom. The van der Waals surface area contributed by atoms with Crippen molar-refractivity contribution in [2.75, 3.05) is 0 Å². The summed E-state index contributed by atoms with van der Waals surface area (Å²) < 4.78 is 11.1. The van der Waals surface area contributed by atoms with Crippen LogP contribution < -0.4 is 5.73 Å². The summed E-state index contributed by atoms with van der Waals surface area (Å²) >= 11 is 0. The number of nitrogens with zero attached hydrogens (tertiary/aromatic N) is 1. The fourth-order valence-corrected chi connectivity index (χ4v) is 2.75. The second-order valence-corrected chi connectivity index (χ2v) is 4.99. The van der Waals surface area contributed by atoms with Crippen molar-refractivity contribution < 1.29 is 13.9 Å². The van der Waals surface area contributed by atoms with Crippen molar-refractivity contribution >= 4 is 5.78 Å².